The monoisotopic (exact) mass is 304 g/mol. The molecule has 1 atom stereocenters. The van der Waals surface area contributed by atoms with Gasteiger partial charge in [-0.1, -0.05) is 29.8 Å². The van der Waals surface area contributed by atoms with Crippen molar-refractivity contribution in [2.45, 2.75) is 38.3 Å². The zero-order chi connectivity index (χ0) is 15.6. The first-order chi connectivity index (χ1) is 10.6. The Morgan fingerprint density at radius 2 is 2.18 bits per heavy atom. The molecule has 2 saturated heterocycles. The molecule has 1 aromatic carbocycles. The summed E-state index contributed by atoms with van der Waals surface area (Å²) < 4.78 is 0. The van der Waals surface area contributed by atoms with Crippen LogP contribution in [0.25, 0.3) is 0 Å². The number of hydrogen-bond acceptors (Lipinski definition) is 4. The smallest absolute Gasteiger partial charge is 0.256 e. The van der Waals surface area contributed by atoms with Crippen molar-refractivity contribution in [3.05, 3.63) is 35.4 Å². The summed E-state index contributed by atoms with van der Waals surface area (Å²) in [5.74, 6) is -0.171. The summed E-state index contributed by atoms with van der Waals surface area (Å²) in [5, 5.41) is 12.5. The second-order valence-electron chi connectivity index (χ2n) is 6.40. The molecule has 3 rings (SSSR count). The molecule has 2 fully saturated rings. The molecule has 0 radical (unpaired) electrons. The molecular formula is C17H24N2O3. The van der Waals surface area contributed by atoms with Crippen molar-refractivity contribution in [3.8, 4) is 0 Å². The number of carbonyl (C=O) groups is 1. The van der Waals surface area contributed by atoms with Gasteiger partial charge in [0, 0.05) is 19.6 Å². The van der Waals surface area contributed by atoms with Gasteiger partial charge in [-0.05, 0) is 31.7 Å². The van der Waals surface area contributed by atoms with E-state index < -0.39 is 5.60 Å². The number of hydrogen-bond donors (Lipinski definition) is 1. The van der Waals surface area contributed by atoms with E-state index in [1.807, 2.05) is 25.1 Å². The Balaban J connectivity index is 1.68. The van der Waals surface area contributed by atoms with Crippen LogP contribution in [0.4, 0.5) is 0 Å². The van der Waals surface area contributed by atoms with Crippen molar-refractivity contribution in [3.63, 3.8) is 0 Å². The minimum Gasteiger partial charge on any atom is -0.379 e. The average Bonchev–Trinajstić information content (AvgIpc) is 2.97. The predicted octanol–water partition coefficient (Wildman–Crippen LogP) is 1.49. The van der Waals surface area contributed by atoms with E-state index in [1.54, 1.807) is 9.96 Å². The zero-order valence-electron chi connectivity index (χ0n) is 13.1. The summed E-state index contributed by atoms with van der Waals surface area (Å²) in [5.41, 5.74) is 0.976. The van der Waals surface area contributed by atoms with E-state index in [4.69, 9.17) is 4.84 Å². The Hall–Kier alpha value is -1.43. The average molecular weight is 304 g/mol. The van der Waals surface area contributed by atoms with Gasteiger partial charge in [-0.2, -0.15) is 5.06 Å². The van der Waals surface area contributed by atoms with Crippen LogP contribution in [0.1, 0.15) is 30.4 Å². The Morgan fingerprint density at radius 1 is 1.32 bits per heavy atom. The zero-order valence-corrected chi connectivity index (χ0v) is 13.1. The number of β-amino-alcohol motifs (C(OH)–C–C–N with tert-alkyl or cyclic N) is 1. The summed E-state index contributed by atoms with van der Waals surface area (Å²) >= 11 is 0. The Morgan fingerprint density at radius 3 is 2.91 bits per heavy atom. The predicted molar refractivity (Wildman–Crippen MR) is 82.9 cm³/mol. The number of aryl methyl sites for hydroxylation is 1. The largest absolute Gasteiger partial charge is 0.379 e. The van der Waals surface area contributed by atoms with Crippen molar-refractivity contribution in [2.75, 3.05) is 26.2 Å². The van der Waals surface area contributed by atoms with Gasteiger partial charge in [0.1, 0.15) is 0 Å². The summed E-state index contributed by atoms with van der Waals surface area (Å²) in [6.45, 7) is 5.04. The number of likely N-dealkylation sites (tertiary alicyclic amines) is 1. The van der Waals surface area contributed by atoms with Crippen LogP contribution in [0.3, 0.4) is 0 Å². The number of aliphatic hydroxyl groups is 1. The lowest BCUT2D eigenvalue weighted by atomic mass is 9.91. The van der Waals surface area contributed by atoms with E-state index in [0.717, 1.165) is 24.9 Å². The molecule has 120 valence electrons. The highest BCUT2D eigenvalue weighted by Crippen LogP contribution is 2.26. The molecule has 0 aliphatic carbocycles. The number of carbonyl (C=O) groups excluding carboxylic acids is 1. The summed E-state index contributed by atoms with van der Waals surface area (Å²) in [7, 11) is 0. The number of rotatable bonds is 4. The number of piperidine rings is 1. The third kappa shape index (κ3) is 3.32. The molecule has 0 bridgehead atoms. The van der Waals surface area contributed by atoms with Gasteiger partial charge in [-0.15, -0.1) is 0 Å². The van der Waals surface area contributed by atoms with Gasteiger partial charge in [0.2, 0.25) is 0 Å². The van der Waals surface area contributed by atoms with Gasteiger partial charge in [0.05, 0.1) is 13.2 Å². The maximum absolute atomic E-state index is 12.7. The molecule has 1 N–H and O–H groups in total. The third-order valence-corrected chi connectivity index (χ3v) is 4.42. The second-order valence-corrected chi connectivity index (χ2v) is 6.40. The summed E-state index contributed by atoms with van der Waals surface area (Å²) in [4.78, 5) is 19.9. The normalized spacial score (nSPS) is 26.6. The fourth-order valence-corrected chi connectivity index (χ4v) is 3.31. The summed E-state index contributed by atoms with van der Waals surface area (Å²) in [6, 6.07) is 8.16. The van der Waals surface area contributed by atoms with Crippen LogP contribution in [0, 0.1) is 6.92 Å². The highest BCUT2D eigenvalue weighted by molar-refractivity contribution is 5.86. The van der Waals surface area contributed by atoms with Crippen molar-refractivity contribution in [1.29, 1.82) is 0 Å². The van der Waals surface area contributed by atoms with E-state index >= 15 is 0 Å². The lowest BCUT2D eigenvalue weighted by Crippen LogP contribution is -2.57. The van der Waals surface area contributed by atoms with Crippen LogP contribution in [0.2, 0.25) is 0 Å². The highest BCUT2D eigenvalue weighted by atomic mass is 16.7. The van der Waals surface area contributed by atoms with Crippen LogP contribution in [-0.4, -0.2) is 52.8 Å². The molecule has 5 heteroatoms. The van der Waals surface area contributed by atoms with Crippen LogP contribution in [0.15, 0.2) is 24.3 Å². The SMILES string of the molecule is Cc1cccc(CN2CCC[C@@](O)(CN3CCCO3)C2=O)c1. The van der Waals surface area contributed by atoms with Crippen molar-refractivity contribution in [2.24, 2.45) is 0 Å². The van der Waals surface area contributed by atoms with Crippen LogP contribution >= 0.6 is 0 Å². The first-order valence-electron chi connectivity index (χ1n) is 8.02. The fourth-order valence-electron chi connectivity index (χ4n) is 3.31. The van der Waals surface area contributed by atoms with E-state index in [2.05, 4.69) is 6.07 Å². The molecule has 0 aromatic heterocycles. The van der Waals surface area contributed by atoms with Crippen molar-refractivity contribution in [1.82, 2.24) is 9.96 Å². The van der Waals surface area contributed by atoms with Crippen molar-refractivity contribution < 1.29 is 14.7 Å². The molecular weight excluding hydrogens is 280 g/mol. The number of hydroxylamine groups is 2. The standard InChI is InChI=1S/C17H24N2O3/c1-14-5-2-6-15(11-14)12-18-8-3-7-17(21,16(18)20)13-19-9-4-10-22-19/h2,5-6,11,21H,3-4,7-10,12-13H2,1H3/t17-/m1/s1. The second kappa shape index (κ2) is 6.36. The molecule has 1 amide bonds. The van der Waals surface area contributed by atoms with Crippen LogP contribution in [0.5, 0.6) is 0 Å². The fraction of sp³-hybridized carbons (Fsp3) is 0.588. The maximum atomic E-state index is 12.7. The highest BCUT2D eigenvalue weighted by Gasteiger charge is 2.44. The molecule has 2 aliphatic heterocycles. The van der Waals surface area contributed by atoms with Crippen molar-refractivity contribution >= 4 is 5.91 Å². The third-order valence-electron chi connectivity index (χ3n) is 4.42. The number of nitrogens with zero attached hydrogens (tertiary/aromatic N) is 2. The first-order valence-corrected chi connectivity index (χ1v) is 8.02. The molecule has 5 nitrogen and oxygen atoms in total. The first kappa shape index (κ1) is 15.5. The van der Waals surface area contributed by atoms with Gasteiger partial charge >= 0.3 is 0 Å². The molecule has 2 aliphatic rings. The topological polar surface area (TPSA) is 53.0 Å². The number of amides is 1. The maximum Gasteiger partial charge on any atom is 0.256 e. The lowest BCUT2D eigenvalue weighted by molar-refractivity contribution is -0.182. The number of benzene rings is 1. The quantitative estimate of drug-likeness (QED) is 0.915. The minimum absolute atomic E-state index is 0.171. The van der Waals surface area contributed by atoms with Gasteiger partial charge in [-0.3, -0.25) is 9.63 Å². The van der Waals surface area contributed by atoms with Crippen LogP contribution in [-0.2, 0) is 16.2 Å². The molecule has 22 heavy (non-hydrogen) atoms. The van der Waals surface area contributed by atoms with E-state index in [-0.39, 0.29) is 12.5 Å². The minimum atomic E-state index is -1.31. The Kier molecular flexibility index (Phi) is 4.47. The van der Waals surface area contributed by atoms with Gasteiger partial charge in [-0.25, -0.2) is 0 Å². The summed E-state index contributed by atoms with van der Waals surface area (Å²) in [6.07, 6.45) is 2.29. The van der Waals surface area contributed by atoms with Crippen LogP contribution < -0.4 is 0 Å². The molecule has 1 aromatic rings. The van der Waals surface area contributed by atoms with Gasteiger partial charge < -0.3 is 10.0 Å². The van der Waals surface area contributed by atoms with E-state index in [9.17, 15) is 9.90 Å². The molecule has 0 spiro atoms. The van der Waals surface area contributed by atoms with E-state index in [1.165, 1.54) is 5.56 Å². The lowest BCUT2D eigenvalue weighted by Gasteiger charge is -2.39. The van der Waals surface area contributed by atoms with Gasteiger partial charge in [0.25, 0.3) is 5.91 Å². The van der Waals surface area contributed by atoms with Gasteiger partial charge in [0.15, 0.2) is 5.60 Å². The molecule has 0 unspecified atom stereocenters. The molecule has 0 saturated carbocycles. The Bertz CT molecular complexity index is 542. The molecule has 2 heterocycles. The Labute approximate surface area is 131 Å². The van der Waals surface area contributed by atoms with E-state index in [0.29, 0.717) is 26.1 Å².